The van der Waals surface area contributed by atoms with Gasteiger partial charge >= 0.3 is 12.1 Å². The number of rotatable bonds is 10. The third-order valence-corrected chi connectivity index (χ3v) is 3.27. The highest BCUT2D eigenvalue weighted by Crippen LogP contribution is 2.15. The predicted molar refractivity (Wildman–Crippen MR) is 105 cm³/mol. The summed E-state index contributed by atoms with van der Waals surface area (Å²) in [6.45, 7) is 13.1. The third-order valence-electron chi connectivity index (χ3n) is 3.27. The van der Waals surface area contributed by atoms with Gasteiger partial charge in [0.2, 0.25) is 0 Å². The quantitative estimate of drug-likeness (QED) is 0.382. The van der Waals surface area contributed by atoms with Crippen LogP contribution in [0.3, 0.4) is 0 Å². The van der Waals surface area contributed by atoms with Gasteiger partial charge in [-0.05, 0) is 44.9 Å². The number of nitrogens with one attached hydrogen (secondary N) is 1. The van der Waals surface area contributed by atoms with E-state index in [1.54, 1.807) is 45.1 Å². The number of ether oxygens (including phenoxy) is 3. The Balaban J connectivity index is 2.79. The van der Waals surface area contributed by atoms with Gasteiger partial charge in [-0.1, -0.05) is 30.9 Å². The van der Waals surface area contributed by atoms with Crippen LogP contribution in [0.4, 0.5) is 4.79 Å². The summed E-state index contributed by atoms with van der Waals surface area (Å²) in [5.74, 6) is 0.179. The van der Waals surface area contributed by atoms with E-state index >= 15 is 0 Å². The van der Waals surface area contributed by atoms with Crippen LogP contribution in [0.1, 0.15) is 32.8 Å². The molecule has 0 fully saturated rings. The van der Waals surface area contributed by atoms with Crippen LogP contribution in [0.15, 0.2) is 49.6 Å². The van der Waals surface area contributed by atoms with Crippen LogP contribution in [0.25, 0.3) is 0 Å². The molecule has 0 spiro atoms. The maximum Gasteiger partial charge on any atom is 0.408 e. The number of esters is 1. The fourth-order valence-corrected chi connectivity index (χ4v) is 2.10. The van der Waals surface area contributed by atoms with Crippen molar-refractivity contribution in [2.24, 2.45) is 0 Å². The average molecular weight is 375 g/mol. The summed E-state index contributed by atoms with van der Waals surface area (Å²) in [6, 6.07) is 6.40. The summed E-state index contributed by atoms with van der Waals surface area (Å²) in [6.07, 6.45) is 3.47. The van der Waals surface area contributed by atoms with Crippen molar-refractivity contribution in [2.75, 3.05) is 13.2 Å². The number of hydrogen-bond acceptors (Lipinski definition) is 5. The smallest absolute Gasteiger partial charge is 0.408 e. The molecule has 1 aromatic rings. The van der Waals surface area contributed by atoms with Crippen molar-refractivity contribution in [1.29, 1.82) is 0 Å². The zero-order chi connectivity index (χ0) is 20.3. The second-order valence-corrected chi connectivity index (χ2v) is 6.89. The number of benzene rings is 1. The molecule has 1 rings (SSSR count). The Bertz CT molecular complexity index is 631. The molecule has 0 aliphatic carbocycles. The molecule has 1 atom stereocenters. The van der Waals surface area contributed by atoms with Crippen LogP contribution in [-0.4, -0.2) is 36.9 Å². The van der Waals surface area contributed by atoms with Crippen LogP contribution >= 0.6 is 0 Å². The van der Waals surface area contributed by atoms with Gasteiger partial charge in [-0.25, -0.2) is 9.59 Å². The molecule has 1 N–H and O–H groups in total. The molecular formula is C21H29NO5. The summed E-state index contributed by atoms with van der Waals surface area (Å²) in [5, 5.41) is 2.59. The van der Waals surface area contributed by atoms with Crippen molar-refractivity contribution in [3.05, 3.63) is 55.1 Å². The Labute approximate surface area is 161 Å². The lowest BCUT2D eigenvalue weighted by Crippen LogP contribution is -2.45. The Kier molecular flexibility index (Phi) is 9.13. The van der Waals surface area contributed by atoms with Gasteiger partial charge in [-0.2, -0.15) is 0 Å². The Hall–Kier alpha value is -2.76. The first-order chi connectivity index (χ1) is 12.7. The van der Waals surface area contributed by atoms with Gasteiger partial charge in [0.1, 0.15) is 24.0 Å². The number of alkyl carbamates (subject to hydrolysis) is 1. The molecule has 0 aromatic heterocycles. The molecule has 0 unspecified atom stereocenters. The first-order valence-corrected chi connectivity index (χ1v) is 8.85. The maximum atomic E-state index is 12.4. The second-order valence-electron chi connectivity index (χ2n) is 6.89. The van der Waals surface area contributed by atoms with E-state index in [9.17, 15) is 9.59 Å². The highest BCUT2D eigenvalue weighted by Gasteiger charge is 2.25. The summed E-state index contributed by atoms with van der Waals surface area (Å²) in [5.41, 5.74) is 0.189. The molecule has 0 aliphatic rings. The molecule has 1 amide bonds. The number of carbonyl (C=O) groups excluding carboxylic acids is 2. The van der Waals surface area contributed by atoms with E-state index < -0.39 is 23.7 Å². The monoisotopic (exact) mass is 375 g/mol. The lowest BCUT2D eigenvalue weighted by Gasteiger charge is -2.23. The van der Waals surface area contributed by atoms with Gasteiger partial charge in [0.15, 0.2) is 0 Å². The molecule has 0 saturated heterocycles. The molecule has 0 bridgehead atoms. The van der Waals surface area contributed by atoms with Gasteiger partial charge < -0.3 is 19.5 Å². The zero-order valence-corrected chi connectivity index (χ0v) is 16.3. The van der Waals surface area contributed by atoms with E-state index in [1.165, 1.54) is 0 Å². The highest BCUT2D eigenvalue weighted by molar-refractivity contribution is 5.81. The number of carbonyl (C=O) groups is 2. The van der Waals surface area contributed by atoms with Crippen molar-refractivity contribution in [2.45, 2.75) is 45.3 Å². The molecule has 0 saturated carbocycles. The third kappa shape index (κ3) is 9.49. The van der Waals surface area contributed by atoms with Crippen molar-refractivity contribution >= 4 is 12.1 Å². The fourth-order valence-electron chi connectivity index (χ4n) is 2.10. The largest absolute Gasteiger partial charge is 0.490 e. The Morgan fingerprint density at radius 2 is 1.81 bits per heavy atom. The summed E-state index contributed by atoms with van der Waals surface area (Å²) in [7, 11) is 0. The highest BCUT2D eigenvalue weighted by atomic mass is 16.6. The molecule has 1 aromatic carbocycles. The summed E-state index contributed by atoms with van der Waals surface area (Å²) < 4.78 is 15.9. The van der Waals surface area contributed by atoms with Gasteiger partial charge in [-0.3, -0.25) is 0 Å². The molecule has 0 aliphatic heterocycles. The first kappa shape index (κ1) is 22.3. The predicted octanol–water partition coefficient (Wildman–Crippen LogP) is 3.81. The summed E-state index contributed by atoms with van der Waals surface area (Å²) >= 11 is 0. The van der Waals surface area contributed by atoms with Crippen molar-refractivity contribution in [3.63, 3.8) is 0 Å². The van der Waals surface area contributed by atoms with Crippen LogP contribution in [-0.2, 0) is 20.7 Å². The van der Waals surface area contributed by atoms with Crippen LogP contribution in [0.2, 0.25) is 0 Å². The van der Waals surface area contributed by atoms with Crippen molar-refractivity contribution in [1.82, 2.24) is 5.32 Å². The average Bonchev–Trinajstić information content (AvgIpc) is 2.59. The topological polar surface area (TPSA) is 73.9 Å². The zero-order valence-electron chi connectivity index (χ0n) is 16.3. The molecule has 148 valence electrons. The minimum absolute atomic E-state index is 0.211. The van der Waals surface area contributed by atoms with E-state index in [-0.39, 0.29) is 13.0 Å². The van der Waals surface area contributed by atoms with E-state index in [2.05, 4.69) is 18.5 Å². The van der Waals surface area contributed by atoms with E-state index in [0.29, 0.717) is 18.8 Å². The van der Waals surface area contributed by atoms with Crippen molar-refractivity contribution in [3.8, 4) is 5.75 Å². The molecular weight excluding hydrogens is 346 g/mol. The fraction of sp³-hybridized carbons (Fsp3) is 0.429. The van der Waals surface area contributed by atoms with Crippen LogP contribution < -0.4 is 10.1 Å². The Morgan fingerprint density at radius 3 is 2.37 bits per heavy atom. The summed E-state index contributed by atoms with van der Waals surface area (Å²) in [4.78, 5) is 24.4. The van der Waals surface area contributed by atoms with E-state index in [4.69, 9.17) is 14.2 Å². The normalized spacial score (nSPS) is 11.8. The minimum atomic E-state index is -0.857. The minimum Gasteiger partial charge on any atom is -0.490 e. The number of hydrogen-bond donors (Lipinski definition) is 1. The van der Waals surface area contributed by atoms with Gasteiger partial charge in [0.25, 0.3) is 0 Å². The SMILES string of the molecule is C=CCCOC(=O)[C@H](Cc1ccc(OCC=C)cc1)NC(=O)OC(C)(C)C. The molecule has 27 heavy (non-hydrogen) atoms. The van der Waals surface area contributed by atoms with Gasteiger partial charge in [0, 0.05) is 6.42 Å². The standard InChI is InChI=1S/C21H29NO5/c1-6-8-14-26-19(23)18(22-20(24)27-21(3,4)5)15-16-9-11-17(12-10-16)25-13-7-2/h6-7,9-12,18H,1-2,8,13-15H2,3-5H3,(H,22,24)/t18-/m0/s1. The van der Waals surface area contributed by atoms with Gasteiger partial charge in [0.05, 0.1) is 6.61 Å². The first-order valence-electron chi connectivity index (χ1n) is 8.85. The lowest BCUT2D eigenvalue weighted by molar-refractivity contribution is -0.146. The lowest BCUT2D eigenvalue weighted by atomic mass is 10.1. The molecule has 6 heteroatoms. The molecule has 6 nitrogen and oxygen atoms in total. The number of amides is 1. The molecule has 0 heterocycles. The van der Waals surface area contributed by atoms with Crippen LogP contribution in [0, 0.1) is 0 Å². The Morgan fingerprint density at radius 1 is 1.15 bits per heavy atom. The molecule has 0 radical (unpaired) electrons. The second kappa shape index (κ2) is 11.1. The van der Waals surface area contributed by atoms with Gasteiger partial charge in [-0.15, -0.1) is 6.58 Å². The van der Waals surface area contributed by atoms with E-state index in [1.807, 2.05) is 12.1 Å². The van der Waals surface area contributed by atoms with Crippen molar-refractivity contribution < 1.29 is 23.8 Å². The van der Waals surface area contributed by atoms with Crippen LogP contribution in [0.5, 0.6) is 5.75 Å². The maximum absolute atomic E-state index is 12.4. The van der Waals surface area contributed by atoms with E-state index in [0.717, 1.165) is 5.56 Å².